The molecule has 0 aliphatic rings. The Morgan fingerprint density at radius 2 is 0.429 bits per heavy atom. The second-order valence-electron chi connectivity index (χ2n) is 2.72. The number of alkyl halides is 5. The number of hydrogen-bond acceptors (Lipinski definition) is 5. The Morgan fingerprint density at radius 1 is 0.429 bits per heavy atom. The zero-order valence-corrected chi connectivity index (χ0v) is 19.3. The molecule has 0 rings (SSSR count). The van der Waals surface area contributed by atoms with E-state index in [9.17, 15) is 25.5 Å². The zero-order valence-electron chi connectivity index (χ0n) is 12.3. The fourth-order valence-corrected chi connectivity index (χ4v) is 0. The molecule has 0 aliphatic carbocycles. The minimum atomic E-state index is -0.944. The Morgan fingerprint density at radius 3 is 0.429 bits per heavy atom. The first-order valence-corrected chi connectivity index (χ1v) is 7.34. The third-order valence-electron chi connectivity index (χ3n) is 0. The van der Waals surface area contributed by atoms with Crippen molar-refractivity contribution in [1.29, 1.82) is 0 Å². The van der Waals surface area contributed by atoms with E-state index in [4.69, 9.17) is 58.0 Å². The normalized spacial score (nSPS) is 15.0. The molecule has 0 saturated heterocycles. The molecule has 0 N–H and O–H groups in total. The van der Waals surface area contributed by atoms with E-state index in [0.29, 0.717) is 0 Å². The van der Waals surface area contributed by atoms with Gasteiger partial charge < -0.3 is 25.5 Å². The van der Waals surface area contributed by atoms with Gasteiger partial charge in [0.1, 0.15) is 0 Å². The van der Waals surface area contributed by atoms with Crippen LogP contribution in [0.2, 0.25) is 0 Å². The minimum absolute atomic E-state index is 0. The van der Waals surface area contributed by atoms with Gasteiger partial charge in [0.05, 0.1) is 0 Å². The molecule has 0 spiro atoms. The van der Waals surface area contributed by atoms with Gasteiger partial charge in [0.15, 0.2) is 0 Å². The minimum Gasteiger partial charge on any atom is -0.840 e. The molecule has 0 saturated carbocycles. The van der Waals surface area contributed by atoms with E-state index < -0.39 is 27.8 Å². The van der Waals surface area contributed by atoms with Crippen molar-refractivity contribution < 1.29 is 47.9 Å². The topological polar surface area (TPSA) is 115 Å². The summed E-state index contributed by atoms with van der Waals surface area (Å²) >= 11 is 23.6. The average Bonchev–Trinajstić information content (AvgIpc) is 1.94. The van der Waals surface area contributed by atoms with Crippen molar-refractivity contribution in [3.63, 3.8) is 0 Å². The zero-order chi connectivity index (χ0) is 17.9. The predicted octanol–water partition coefficient (Wildman–Crippen LogP) is -0.345. The molecule has 0 amide bonds. The van der Waals surface area contributed by atoms with Crippen LogP contribution in [-0.4, -0.2) is 27.8 Å². The number of hydrogen-bond donors (Lipinski definition) is 0. The summed E-state index contributed by atoms with van der Waals surface area (Å²) in [5, 5.41) is 46.5. The molecule has 130 valence electrons. The van der Waals surface area contributed by atoms with Gasteiger partial charge in [-0.1, -0.05) is 34.6 Å². The second-order valence-corrected chi connectivity index (χ2v) is 5.79. The van der Waals surface area contributed by atoms with Crippen LogP contribution in [0.4, 0.5) is 0 Å². The van der Waals surface area contributed by atoms with Crippen LogP contribution in [0, 0.1) is 0 Å². The third-order valence-corrected chi connectivity index (χ3v) is 0. The fourth-order valence-electron chi connectivity index (χ4n) is 0. The molecule has 0 aromatic carbocycles. The van der Waals surface area contributed by atoms with Gasteiger partial charge in [-0.25, -0.2) is 0 Å². The van der Waals surface area contributed by atoms with Crippen molar-refractivity contribution >= 4 is 58.0 Å². The molecule has 5 nitrogen and oxygen atoms in total. The van der Waals surface area contributed by atoms with Crippen molar-refractivity contribution in [2.24, 2.45) is 0 Å². The van der Waals surface area contributed by atoms with Gasteiger partial charge in [0.2, 0.25) is 0 Å². The Balaban J connectivity index is -0.0000000331. The first-order chi connectivity index (χ1) is 8.66. The number of halogens is 5. The molecule has 11 heteroatoms. The van der Waals surface area contributed by atoms with Crippen LogP contribution >= 0.6 is 58.0 Å². The average molecular weight is 578 g/mol. The van der Waals surface area contributed by atoms with Crippen LogP contribution in [0.5, 0.6) is 0 Å². The van der Waals surface area contributed by atoms with Gasteiger partial charge in [-0.05, 0) is 27.8 Å². The molecular formula is C10H20Cl5O5Ta. The van der Waals surface area contributed by atoms with Crippen LogP contribution in [0.1, 0.15) is 34.6 Å². The monoisotopic (exact) mass is 576 g/mol. The Hall–Kier alpha value is 1.99. The van der Waals surface area contributed by atoms with Crippen molar-refractivity contribution in [2.75, 3.05) is 0 Å². The van der Waals surface area contributed by atoms with Gasteiger partial charge in [0.25, 0.3) is 0 Å². The van der Waals surface area contributed by atoms with E-state index in [0.717, 1.165) is 0 Å². The van der Waals surface area contributed by atoms with E-state index in [1.807, 2.05) is 0 Å². The molecule has 0 radical (unpaired) electrons. The van der Waals surface area contributed by atoms with Crippen LogP contribution < -0.4 is 25.5 Å². The van der Waals surface area contributed by atoms with Crippen molar-refractivity contribution in [3.05, 3.63) is 0 Å². The molecular weight excluding hydrogens is 558 g/mol. The van der Waals surface area contributed by atoms with Gasteiger partial charge in [-0.2, -0.15) is 0 Å². The molecule has 5 atom stereocenters. The molecule has 5 unspecified atom stereocenters. The molecule has 0 aromatic rings. The SMILES string of the molecule is CC([O-])Cl.CC([O-])Cl.CC([O-])Cl.CC([O-])Cl.CC([O-])Cl.[Ta+5]. The largest absolute Gasteiger partial charge is 5.00 e. The van der Waals surface area contributed by atoms with Crippen LogP contribution in [0.25, 0.3) is 0 Å². The molecule has 0 heterocycles. The maximum Gasteiger partial charge on any atom is 5.00 e. The summed E-state index contributed by atoms with van der Waals surface area (Å²) in [6, 6.07) is 0. The first kappa shape index (κ1) is 38.5. The van der Waals surface area contributed by atoms with E-state index >= 15 is 0 Å². The summed E-state index contributed by atoms with van der Waals surface area (Å²) < 4.78 is 0. The van der Waals surface area contributed by atoms with Gasteiger partial charge in [-0.3, -0.25) is 0 Å². The summed E-state index contributed by atoms with van der Waals surface area (Å²) in [6.07, 6.45) is 0. The van der Waals surface area contributed by atoms with Gasteiger partial charge in [-0.15, -0.1) is 58.0 Å². The smallest absolute Gasteiger partial charge is 0.840 e. The van der Waals surface area contributed by atoms with Crippen LogP contribution in [0.3, 0.4) is 0 Å². The molecule has 0 fully saturated rings. The summed E-state index contributed by atoms with van der Waals surface area (Å²) in [5.74, 6) is 0. The summed E-state index contributed by atoms with van der Waals surface area (Å²) in [4.78, 5) is 0. The first-order valence-electron chi connectivity index (χ1n) is 5.16. The van der Waals surface area contributed by atoms with Gasteiger partial charge in [0, 0.05) is 0 Å². The van der Waals surface area contributed by atoms with Crippen molar-refractivity contribution in [1.82, 2.24) is 0 Å². The quantitative estimate of drug-likeness (QED) is 0.365. The van der Waals surface area contributed by atoms with Crippen LogP contribution in [0.15, 0.2) is 0 Å². The summed E-state index contributed by atoms with van der Waals surface area (Å²) in [6.45, 7) is 6.88. The Bertz CT molecular complexity index is 94.4. The summed E-state index contributed by atoms with van der Waals surface area (Å²) in [7, 11) is 0. The van der Waals surface area contributed by atoms with Crippen molar-refractivity contribution in [3.8, 4) is 0 Å². The molecule has 0 aliphatic heterocycles. The fraction of sp³-hybridized carbons (Fsp3) is 1.00. The molecule has 0 aromatic heterocycles. The van der Waals surface area contributed by atoms with E-state index in [1.54, 1.807) is 0 Å². The van der Waals surface area contributed by atoms with Gasteiger partial charge >= 0.3 is 22.4 Å². The second kappa shape index (κ2) is 33.6. The molecule has 21 heavy (non-hydrogen) atoms. The van der Waals surface area contributed by atoms with Crippen LogP contribution in [-0.2, 0) is 22.4 Å². The molecule has 0 bridgehead atoms. The Kier molecular flexibility index (Phi) is 61.6. The number of rotatable bonds is 0. The Labute approximate surface area is 167 Å². The van der Waals surface area contributed by atoms with Crippen molar-refractivity contribution in [2.45, 2.75) is 62.4 Å². The van der Waals surface area contributed by atoms with E-state index in [2.05, 4.69) is 0 Å². The van der Waals surface area contributed by atoms with E-state index in [1.165, 1.54) is 34.6 Å². The predicted molar refractivity (Wildman–Crippen MR) is 76.6 cm³/mol. The maximum atomic E-state index is 9.29. The maximum absolute atomic E-state index is 9.29. The standard InChI is InChI=1S/5C2H4ClO.Ta/c5*1-2(3)4;/h5*2H,1H3;/q5*-1;+5. The summed E-state index contributed by atoms with van der Waals surface area (Å²) in [5.41, 5.74) is -4.72. The third kappa shape index (κ3) is 2220. The van der Waals surface area contributed by atoms with E-state index in [-0.39, 0.29) is 22.4 Å².